The van der Waals surface area contributed by atoms with Gasteiger partial charge in [0.2, 0.25) is 11.9 Å². The first-order valence-corrected chi connectivity index (χ1v) is 11.9. The van der Waals surface area contributed by atoms with Crippen LogP contribution in [0.4, 0.5) is 13.2 Å². The van der Waals surface area contributed by atoms with Crippen LogP contribution in [-0.4, -0.2) is 53.2 Å². The van der Waals surface area contributed by atoms with Crippen LogP contribution in [-0.2, 0) is 17.4 Å². The molecule has 2 aliphatic rings. The maximum Gasteiger partial charge on any atom is 0.416 e. The predicted molar refractivity (Wildman–Crippen MR) is 130 cm³/mol. The lowest BCUT2D eigenvalue weighted by Gasteiger charge is -2.25. The van der Waals surface area contributed by atoms with Gasteiger partial charge in [0, 0.05) is 30.1 Å². The van der Waals surface area contributed by atoms with Gasteiger partial charge in [0.25, 0.3) is 0 Å². The summed E-state index contributed by atoms with van der Waals surface area (Å²) in [6.07, 6.45) is -0.105. The van der Waals surface area contributed by atoms with Gasteiger partial charge in [-0.2, -0.15) is 23.5 Å². The summed E-state index contributed by atoms with van der Waals surface area (Å²) in [6, 6.07) is 12.0. The molecule has 1 amide bonds. The molecule has 2 heterocycles. The van der Waals surface area contributed by atoms with E-state index in [-0.39, 0.29) is 17.9 Å². The van der Waals surface area contributed by atoms with Crippen molar-refractivity contribution >= 4 is 29.2 Å². The second-order valence-corrected chi connectivity index (χ2v) is 8.96. The number of hydrogen-bond acceptors (Lipinski definition) is 4. The smallest absolute Gasteiger partial charge is 0.332 e. The lowest BCUT2D eigenvalue weighted by molar-refractivity contribution is -0.137. The molecule has 2 aromatic carbocycles. The van der Waals surface area contributed by atoms with E-state index in [9.17, 15) is 23.2 Å². The van der Waals surface area contributed by atoms with E-state index < -0.39 is 11.7 Å². The summed E-state index contributed by atoms with van der Waals surface area (Å²) in [7, 11) is 0. The van der Waals surface area contributed by atoms with Crippen LogP contribution in [0.5, 0.6) is 0 Å². The lowest BCUT2D eigenvalue weighted by Crippen LogP contribution is -2.45. The highest BCUT2D eigenvalue weighted by Crippen LogP contribution is 2.29. The molecule has 0 aliphatic carbocycles. The van der Waals surface area contributed by atoms with E-state index in [0.717, 1.165) is 29.7 Å². The van der Waals surface area contributed by atoms with Crippen LogP contribution >= 0.6 is 11.6 Å². The number of hydrogen-bond donors (Lipinski definition) is 1. The number of guanidine groups is 1. The Kier molecular flexibility index (Phi) is 7.79. The molecule has 1 N–H and O–H groups in total. The van der Waals surface area contributed by atoms with Crippen LogP contribution in [0.3, 0.4) is 0 Å². The number of amides is 1. The zero-order chi connectivity index (χ0) is 25.7. The van der Waals surface area contributed by atoms with E-state index in [4.69, 9.17) is 16.7 Å². The minimum atomic E-state index is -4.36. The first-order chi connectivity index (χ1) is 17.3. The second kappa shape index (κ2) is 11.0. The third-order valence-electron chi connectivity index (χ3n) is 6.09. The van der Waals surface area contributed by atoms with E-state index in [1.54, 1.807) is 17.1 Å². The average Bonchev–Trinajstić information content (AvgIpc) is 3.47. The van der Waals surface area contributed by atoms with Crippen LogP contribution in [0, 0.1) is 11.5 Å². The predicted octanol–water partition coefficient (Wildman–Crippen LogP) is 4.43. The second-order valence-electron chi connectivity index (χ2n) is 8.52. The Balaban J connectivity index is 1.47. The zero-order valence-electron chi connectivity index (χ0n) is 19.3. The fourth-order valence-corrected chi connectivity index (χ4v) is 4.43. The number of nitrogens with one attached hydrogen (secondary N) is 1. The summed E-state index contributed by atoms with van der Waals surface area (Å²) in [5, 5.41) is 18.7. The van der Waals surface area contributed by atoms with Gasteiger partial charge < -0.3 is 4.90 Å². The Hall–Kier alpha value is -3.58. The van der Waals surface area contributed by atoms with Gasteiger partial charge in [0.1, 0.15) is 0 Å². The van der Waals surface area contributed by atoms with Gasteiger partial charge in [0.15, 0.2) is 6.19 Å². The van der Waals surface area contributed by atoms with Crippen molar-refractivity contribution in [2.75, 3.05) is 19.6 Å². The minimum Gasteiger partial charge on any atom is -0.332 e. The number of likely N-dealkylation sites (tertiary alicyclic amines) is 1. The first-order valence-electron chi connectivity index (χ1n) is 11.5. The van der Waals surface area contributed by atoms with Crippen molar-refractivity contribution in [1.82, 2.24) is 15.2 Å². The normalized spacial score (nSPS) is 18.4. The van der Waals surface area contributed by atoms with E-state index in [1.165, 1.54) is 12.1 Å². The molecule has 11 heteroatoms. The highest BCUT2D eigenvalue weighted by Gasteiger charge is 2.38. The van der Waals surface area contributed by atoms with E-state index >= 15 is 0 Å². The quantitative estimate of drug-likeness (QED) is 0.202. The van der Waals surface area contributed by atoms with E-state index in [2.05, 4.69) is 10.3 Å². The number of benzene rings is 2. The number of hydrazone groups is 1. The molecule has 1 fully saturated rings. The maximum absolute atomic E-state index is 12.7. The van der Waals surface area contributed by atoms with Crippen molar-refractivity contribution in [1.29, 1.82) is 5.26 Å². The molecular formula is C25H24ClF3N6O. The Labute approximate surface area is 211 Å². The van der Waals surface area contributed by atoms with Gasteiger partial charge in [-0.05, 0) is 49.1 Å². The fourth-order valence-electron chi connectivity index (χ4n) is 4.30. The van der Waals surface area contributed by atoms with Crippen molar-refractivity contribution in [3.8, 4) is 6.19 Å². The van der Waals surface area contributed by atoms with Crippen LogP contribution in [0.1, 0.15) is 36.0 Å². The highest BCUT2D eigenvalue weighted by atomic mass is 35.5. The average molecular weight is 517 g/mol. The molecule has 0 saturated carbocycles. The number of carbonyl (C=O) groups is 1. The molecule has 1 saturated heterocycles. The number of carbonyl (C=O) groups excluding carboxylic acids is 1. The molecule has 2 aliphatic heterocycles. The Morgan fingerprint density at radius 2 is 1.92 bits per heavy atom. The Morgan fingerprint density at radius 1 is 1.19 bits per heavy atom. The van der Waals surface area contributed by atoms with Gasteiger partial charge in [-0.1, -0.05) is 35.9 Å². The first kappa shape index (κ1) is 25.5. The zero-order valence-corrected chi connectivity index (χ0v) is 20.1. The molecule has 0 radical (unpaired) electrons. The van der Waals surface area contributed by atoms with Gasteiger partial charge in [-0.3, -0.25) is 15.1 Å². The van der Waals surface area contributed by atoms with Gasteiger partial charge in [-0.15, -0.1) is 0 Å². The summed E-state index contributed by atoms with van der Waals surface area (Å²) in [4.78, 5) is 18.8. The summed E-state index contributed by atoms with van der Waals surface area (Å²) >= 11 is 6.04. The molecule has 188 valence electrons. The number of aryl methyl sites for hydroxylation is 1. The number of halogens is 4. The molecule has 7 nitrogen and oxygen atoms in total. The summed E-state index contributed by atoms with van der Waals surface area (Å²) in [6.45, 7) is 1.31. The highest BCUT2D eigenvalue weighted by molar-refractivity contribution is 6.30. The number of nitrogens with zero attached hydrogens (tertiary/aromatic N) is 5. The number of nitriles is 1. The van der Waals surface area contributed by atoms with E-state index in [0.29, 0.717) is 49.6 Å². The van der Waals surface area contributed by atoms with Crippen LogP contribution in [0.15, 0.2) is 58.6 Å². The summed E-state index contributed by atoms with van der Waals surface area (Å²) in [5.74, 6) is 0.317. The molecular weight excluding hydrogens is 493 g/mol. The van der Waals surface area contributed by atoms with Crippen molar-refractivity contribution in [3.05, 3.63) is 70.2 Å². The summed E-state index contributed by atoms with van der Waals surface area (Å²) < 4.78 is 38.2. The molecule has 0 bridgehead atoms. The van der Waals surface area contributed by atoms with Crippen LogP contribution < -0.4 is 5.32 Å². The Morgan fingerprint density at radius 3 is 2.53 bits per heavy atom. The molecule has 2 aromatic rings. The molecule has 1 atom stereocenters. The molecule has 0 spiro atoms. The van der Waals surface area contributed by atoms with Gasteiger partial charge in [-0.25, -0.2) is 5.01 Å². The molecule has 36 heavy (non-hydrogen) atoms. The van der Waals surface area contributed by atoms with Gasteiger partial charge >= 0.3 is 6.18 Å². The van der Waals surface area contributed by atoms with Crippen molar-refractivity contribution in [2.24, 2.45) is 10.1 Å². The van der Waals surface area contributed by atoms with Crippen molar-refractivity contribution in [2.45, 2.75) is 37.9 Å². The van der Waals surface area contributed by atoms with Crippen LogP contribution in [0.25, 0.3) is 0 Å². The maximum atomic E-state index is 12.7. The topological polar surface area (TPSA) is 84.1 Å². The minimum absolute atomic E-state index is 0.0618. The lowest BCUT2D eigenvalue weighted by atomic mass is 10.0. The third kappa shape index (κ3) is 5.97. The number of rotatable bonds is 6. The van der Waals surface area contributed by atoms with Crippen LogP contribution in [0.2, 0.25) is 5.02 Å². The Bertz CT molecular complexity index is 1190. The molecule has 4 rings (SSSR count). The van der Waals surface area contributed by atoms with Gasteiger partial charge in [0.05, 0.1) is 23.9 Å². The molecule has 1 unspecified atom stereocenters. The largest absolute Gasteiger partial charge is 0.416 e. The van der Waals surface area contributed by atoms with E-state index in [1.807, 2.05) is 23.2 Å². The number of aliphatic imine (C=N–C) groups is 1. The standard InChI is InChI=1S/C25H24ClF3N6O/c26-20-11-7-18(8-12-20)23-21(34-14-2-4-22(34)36)15-35(33-23)24(32-16-30)31-13-1-3-17-5-9-19(10-6-17)25(27,28)29/h5-12,21H,1-4,13-15H2,(H,31,32). The molecule has 0 aromatic heterocycles. The number of alkyl halides is 3. The monoisotopic (exact) mass is 516 g/mol. The fraction of sp³-hybridized carbons (Fsp3) is 0.360. The van der Waals surface area contributed by atoms with Crippen molar-refractivity contribution in [3.63, 3.8) is 0 Å². The van der Waals surface area contributed by atoms with Crippen molar-refractivity contribution < 1.29 is 18.0 Å². The summed E-state index contributed by atoms with van der Waals surface area (Å²) in [5.41, 5.74) is 1.60. The SMILES string of the molecule is N#CNC(=NCCCc1ccc(C(F)(F)F)cc1)N1CC(N2CCCC2=O)C(c2ccc(Cl)cc2)=N1. The third-order valence-corrected chi connectivity index (χ3v) is 6.35.